The van der Waals surface area contributed by atoms with Crippen molar-refractivity contribution < 1.29 is 47.1 Å². The highest BCUT2D eigenvalue weighted by Crippen LogP contribution is 2.20. The fourth-order valence-electron chi connectivity index (χ4n) is 1.29. The van der Waals surface area contributed by atoms with Crippen LogP contribution in [-0.4, -0.2) is 96.1 Å². The van der Waals surface area contributed by atoms with Crippen molar-refractivity contribution in [3.8, 4) is 0 Å². The minimum atomic E-state index is -1.64. The van der Waals surface area contributed by atoms with Gasteiger partial charge in [-0.15, -0.1) is 0 Å². The van der Waals surface area contributed by atoms with E-state index < -0.39 is 55.2 Å². The Kier molecular flexibility index (Phi) is 7.33. The standard InChI is InChI=1S/C6H12O6.C3H7NO3/c7-1-2(8)4(10)6(12)5(11)3(1)9;4-2(1-5)3(6)7/h1-12H;2,5H,1,4H2,(H,6,7)/p+1/t1-,2-,3-,4+,5-,6-;2-/m.0/s1. The van der Waals surface area contributed by atoms with E-state index in [1.807, 2.05) is 0 Å². The molecule has 0 aromatic carbocycles. The van der Waals surface area contributed by atoms with Crippen LogP contribution in [0.15, 0.2) is 0 Å². The van der Waals surface area contributed by atoms with E-state index in [9.17, 15) is 4.79 Å². The van der Waals surface area contributed by atoms with E-state index in [0.29, 0.717) is 0 Å². The number of carboxylic acids is 1. The molecule has 1 atom stereocenters. The fraction of sp³-hybridized carbons (Fsp3) is 0.889. The summed E-state index contributed by atoms with van der Waals surface area (Å²) in [5.74, 6) is -1.18. The third-order valence-corrected chi connectivity index (χ3v) is 2.61. The molecule has 0 saturated heterocycles. The van der Waals surface area contributed by atoms with Crippen molar-refractivity contribution in [2.45, 2.75) is 42.7 Å². The summed E-state index contributed by atoms with van der Waals surface area (Å²) in [4.78, 5) is 9.65. The van der Waals surface area contributed by atoms with E-state index in [1.54, 1.807) is 0 Å². The van der Waals surface area contributed by atoms with Gasteiger partial charge in [-0.3, -0.25) is 4.79 Å². The van der Waals surface area contributed by atoms with Crippen molar-refractivity contribution in [2.75, 3.05) is 6.61 Å². The second-order valence-corrected chi connectivity index (χ2v) is 4.07. The molecule has 1 fully saturated rings. The number of aliphatic hydroxyl groups excluding tert-OH is 7. The van der Waals surface area contributed by atoms with E-state index in [-0.39, 0.29) is 1.43 Å². The molecule has 0 aromatic heterocycles. The summed E-state index contributed by atoms with van der Waals surface area (Å²) in [5.41, 5.74) is 4.77. The molecule has 0 amide bonds. The van der Waals surface area contributed by atoms with Crippen LogP contribution in [0.5, 0.6) is 0 Å². The van der Waals surface area contributed by atoms with Crippen molar-refractivity contribution >= 4 is 5.97 Å². The van der Waals surface area contributed by atoms with Gasteiger partial charge in [0.1, 0.15) is 42.7 Å². The topological polar surface area (TPSA) is 205 Å². The molecule has 1 aliphatic carbocycles. The minimum Gasteiger partial charge on any atom is -0.480 e. The van der Waals surface area contributed by atoms with Gasteiger partial charge in [-0.2, -0.15) is 0 Å². The van der Waals surface area contributed by atoms with Crippen LogP contribution in [0.1, 0.15) is 1.43 Å². The quantitative estimate of drug-likeness (QED) is 0.235. The molecular formula is C9H20NO9+. The molecule has 1 rings (SSSR count). The first-order valence-electron chi connectivity index (χ1n) is 5.32. The maximum Gasteiger partial charge on any atom is 1.00 e. The second-order valence-electron chi connectivity index (χ2n) is 4.07. The second kappa shape index (κ2) is 7.67. The Morgan fingerprint density at radius 3 is 1.16 bits per heavy atom. The predicted octanol–water partition coefficient (Wildman–Crippen LogP) is -5.33. The Labute approximate surface area is 109 Å². The van der Waals surface area contributed by atoms with E-state index in [0.717, 1.165) is 0 Å². The zero-order chi connectivity index (χ0) is 15.3. The lowest BCUT2D eigenvalue weighted by atomic mass is 9.85. The zero-order valence-electron chi connectivity index (χ0n) is 10.8. The van der Waals surface area contributed by atoms with Crippen LogP contribution in [0.2, 0.25) is 0 Å². The predicted molar refractivity (Wildman–Crippen MR) is 59.8 cm³/mol. The highest BCUT2D eigenvalue weighted by molar-refractivity contribution is 5.73. The van der Waals surface area contributed by atoms with Gasteiger partial charge in [-0.1, -0.05) is 0 Å². The molecule has 0 unspecified atom stereocenters. The molecule has 1 aliphatic rings. The number of carboxylic acid groups (broad SMARTS) is 1. The van der Waals surface area contributed by atoms with Gasteiger partial charge in [0.25, 0.3) is 0 Å². The molecule has 0 bridgehead atoms. The smallest absolute Gasteiger partial charge is 0.480 e. The highest BCUT2D eigenvalue weighted by Gasteiger charge is 2.47. The van der Waals surface area contributed by atoms with E-state index in [4.69, 9.17) is 46.6 Å². The van der Waals surface area contributed by atoms with Gasteiger partial charge in [0.2, 0.25) is 0 Å². The molecule has 0 heterocycles. The molecule has 0 spiro atoms. The summed E-state index contributed by atoms with van der Waals surface area (Å²) >= 11 is 0. The Hall–Kier alpha value is -0.850. The Morgan fingerprint density at radius 1 is 0.895 bits per heavy atom. The van der Waals surface area contributed by atoms with Gasteiger partial charge >= 0.3 is 7.40 Å². The summed E-state index contributed by atoms with van der Waals surface area (Å²) in [6.07, 6.45) is -9.84. The average Bonchev–Trinajstić information content (AvgIpc) is 2.40. The molecule has 19 heavy (non-hydrogen) atoms. The summed E-state index contributed by atoms with van der Waals surface area (Å²) in [6.45, 7) is -0.505. The van der Waals surface area contributed by atoms with Crippen LogP contribution in [-0.2, 0) is 4.79 Å². The summed E-state index contributed by atoms with van der Waals surface area (Å²) < 4.78 is 0. The first-order chi connectivity index (χ1) is 8.64. The van der Waals surface area contributed by atoms with Crippen molar-refractivity contribution in [3.05, 3.63) is 0 Å². The van der Waals surface area contributed by atoms with Gasteiger partial charge in [-0.25, -0.2) is 0 Å². The molecule has 1 saturated carbocycles. The summed E-state index contributed by atoms with van der Waals surface area (Å²) in [6, 6.07) is -1.13. The van der Waals surface area contributed by atoms with Crippen molar-refractivity contribution in [2.24, 2.45) is 5.73 Å². The van der Waals surface area contributed by atoms with E-state index in [1.165, 1.54) is 0 Å². The minimum absolute atomic E-state index is 0. The Bertz CT molecular complexity index is 236. The van der Waals surface area contributed by atoms with Crippen LogP contribution in [0, 0.1) is 0 Å². The number of aliphatic carboxylic acids is 1. The average molecular weight is 286 g/mol. The van der Waals surface area contributed by atoms with Crippen molar-refractivity contribution in [1.29, 1.82) is 0 Å². The van der Waals surface area contributed by atoms with Gasteiger partial charge in [0.05, 0.1) is 6.61 Å². The third kappa shape index (κ3) is 4.63. The molecule has 10 nitrogen and oxygen atoms in total. The van der Waals surface area contributed by atoms with Crippen LogP contribution < -0.4 is 5.73 Å². The fourth-order valence-corrected chi connectivity index (χ4v) is 1.29. The number of rotatable bonds is 2. The lowest BCUT2D eigenvalue weighted by Gasteiger charge is -2.39. The lowest BCUT2D eigenvalue weighted by Crippen LogP contribution is -2.63. The third-order valence-electron chi connectivity index (χ3n) is 2.61. The Balaban J connectivity index is 0. The van der Waals surface area contributed by atoms with E-state index >= 15 is 0 Å². The number of hydrogen-bond donors (Lipinski definition) is 9. The molecule has 0 aromatic rings. The molecule has 10 heteroatoms. The van der Waals surface area contributed by atoms with Gasteiger partial charge in [-0.05, 0) is 0 Å². The highest BCUT2D eigenvalue weighted by atomic mass is 16.4. The number of hydrogen-bond acceptors (Lipinski definition) is 9. The van der Waals surface area contributed by atoms with Gasteiger partial charge < -0.3 is 46.6 Å². The maximum absolute atomic E-state index is 9.65. The van der Waals surface area contributed by atoms with E-state index in [2.05, 4.69) is 0 Å². The number of nitrogens with two attached hydrogens (primary N) is 1. The first kappa shape index (κ1) is 18.1. The van der Waals surface area contributed by atoms with Crippen molar-refractivity contribution in [3.63, 3.8) is 0 Å². The molecule has 0 aliphatic heterocycles. The van der Waals surface area contributed by atoms with Crippen LogP contribution >= 0.6 is 0 Å². The van der Waals surface area contributed by atoms with Crippen LogP contribution in [0.3, 0.4) is 0 Å². The Morgan fingerprint density at radius 2 is 1.11 bits per heavy atom. The zero-order valence-corrected chi connectivity index (χ0v) is 9.81. The largest absolute Gasteiger partial charge is 1.00 e. The summed E-state index contributed by atoms with van der Waals surface area (Å²) in [5, 5.41) is 69.7. The SMILES string of the molecule is N[C@@H](CO)C(=O)O.O[C@H]1[C@H](O)[C@@H](O)[C@H](O)[C@@H](O)[C@H]1O.[H+]. The van der Waals surface area contributed by atoms with Gasteiger partial charge in [0, 0.05) is 0 Å². The number of aliphatic hydroxyl groups is 7. The summed E-state index contributed by atoms with van der Waals surface area (Å²) in [7, 11) is 0. The molecule has 10 N–H and O–H groups in total. The van der Waals surface area contributed by atoms with Crippen LogP contribution in [0.4, 0.5) is 0 Å². The molecular weight excluding hydrogens is 266 g/mol. The normalized spacial score (nSPS) is 40.0. The number of carbonyl (C=O) groups is 1. The van der Waals surface area contributed by atoms with Gasteiger partial charge in [0.15, 0.2) is 0 Å². The monoisotopic (exact) mass is 286 g/mol. The first-order valence-corrected chi connectivity index (χ1v) is 5.32. The van der Waals surface area contributed by atoms with Crippen molar-refractivity contribution in [1.82, 2.24) is 0 Å². The van der Waals surface area contributed by atoms with Crippen LogP contribution in [0.25, 0.3) is 0 Å². The lowest BCUT2D eigenvalue weighted by molar-refractivity contribution is -0.223. The maximum atomic E-state index is 9.65. The molecule has 0 radical (unpaired) electrons. The molecule has 114 valence electrons.